The first-order valence-corrected chi connectivity index (χ1v) is 10.8. The predicted molar refractivity (Wildman–Crippen MR) is 113 cm³/mol. The van der Waals surface area contributed by atoms with Crippen LogP contribution in [0.3, 0.4) is 0 Å². The number of amides is 1. The third-order valence-corrected chi connectivity index (χ3v) is 5.77. The summed E-state index contributed by atoms with van der Waals surface area (Å²) in [6.45, 7) is 5.83. The number of thioether (sulfide) groups is 1. The summed E-state index contributed by atoms with van der Waals surface area (Å²) in [4.78, 5) is 20.3. The second-order valence-electron chi connectivity index (χ2n) is 6.78. The number of nitrogens with zero attached hydrogens (tertiary/aromatic N) is 3. The molecule has 0 saturated carbocycles. The quantitative estimate of drug-likeness (QED) is 0.527. The van der Waals surface area contributed by atoms with Crippen LogP contribution < -0.4 is 9.47 Å². The third kappa shape index (κ3) is 4.43. The van der Waals surface area contributed by atoms with Crippen LogP contribution in [0.25, 0.3) is 0 Å². The number of rotatable bonds is 7. The van der Waals surface area contributed by atoms with Crippen LogP contribution in [0.4, 0.5) is 0 Å². The summed E-state index contributed by atoms with van der Waals surface area (Å²) in [5.41, 5.74) is 1.59. The lowest BCUT2D eigenvalue weighted by molar-refractivity contribution is 0.0745. The molecular formula is C22H23N3O4S. The van der Waals surface area contributed by atoms with Gasteiger partial charge in [0.05, 0.1) is 11.3 Å². The van der Waals surface area contributed by atoms with Crippen LogP contribution in [0.1, 0.15) is 34.6 Å². The van der Waals surface area contributed by atoms with Crippen molar-refractivity contribution in [2.24, 2.45) is 0 Å². The fourth-order valence-corrected chi connectivity index (χ4v) is 4.15. The van der Waals surface area contributed by atoms with Gasteiger partial charge in [-0.3, -0.25) is 4.79 Å². The molecule has 0 bridgehead atoms. The molecule has 0 spiro atoms. The lowest BCUT2D eigenvalue weighted by atomic mass is 10.1. The number of carbonyl (C=O) groups excluding carboxylic acids is 1. The Kier molecular flexibility index (Phi) is 6.23. The zero-order valence-electron chi connectivity index (χ0n) is 17.0. The third-order valence-electron chi connectivity index (χ3n) is 4.72. The molecule has 0 radical (unpaired) electrons. The van der Waals surface area contributed by atoms with Crippen molar-refractivity contribution in [1.29, 1.82) is 0 Å². The van der Waals surface area contributed by atoms with E-state index in [0.29, 0.717) is 49.3 Å². The van der Waals surface area contributed by atoms with E-state index in [1.165, 1.54) is 11.8 Å². The normalized spacial score (nSPS) is 12.6. The fourth-order valence-electron chi connectivity index (χ4n) is 3.27. The number of ether oxygens (including phenoxy) is 2. The smallest absolute Gasteiger partial charge is 0.255 e. The number of aromatic nitrogens is 2. The van der Waals surface area contributed by atoms with Crippen LogP contribution in [-0.4, -0.2) is 40.7 Å². The molecule has 2 aromatic carbocycles. The minimum Gasteiger partial charge on any atom is -0.486 e. The molecule has 0 fully saturated rings. The average Bonchev–Trinajstić information content (AvgIpc) is 3.21. The molecule has 0 N–H and O–H groups in total. The molecule has 1 amide bonds. The number of para-hydroxylation sites is 1. The molecule has 8 heteroatoms. The van der Waals surface area contributed by atoms with Gasteiger partial charge in [0.15, 0.2) is 17.3 Å². The number of carbonyl (C=O) groups is 1. The van der Waals surface area contributed by atoms with E-state index < -0.39 is 0 Å². The first kappa shape index (κ1) is 20.3. The van der Waals surface area contributed by atoms with Crippen molar-refractivity contribution in [3.63, 3.8) is 0 Å². The molecule has 2 heterocycles. The minimum atomic E-state index is -0.0309. The highest BCUT2D eigenvalue weighted by atomic mass is 32.2. The molecule has 1 aliphatic heterocycles. The van der Waals surface area contributed by atoms with Crippen LogP contribution >= 0.6 is 11.8 Å². The van der Waals surface area contributed by atoms with E-state index in [2.05, 4.69) is 10.1 Å². The number of aryl methyl sites for hydroxylation is 1. The SMILES string of the molecule is CCN(Cc1cccc2c1OCCO2)C(=O)c1ccccc1SCc1nc(C)no1. The number of fused-ring (bicyclic) bond motifs is 1. The van der Waals surface area contributed by atoms with Crippen molar-refractivity contribution >= 4 is 17.7 Å². The van der Waals surface area contributed by atoms with E-state index >= 15 is 0 Å². The van der Waals surface area contributed by atoms with Crippen molar-refractivity contribution in [2.75, 3.05) is 19.8 Å². The van der Waals surface area contributed by atoms with Gasteiger partial charge in [-0.15, -0.1) is 11.8 Å². The zero-order chi connectivity index (χ0) is 20.9. The average molecular weight is 426 g/mol. The van der Waals surface area contributed by atoms with Gasteiger partial charge >= 0.3 is 0 Å². The highest BCUT2D eigenvalue weighted by Crippen LogP contribution is 2.35. The Labute approximate surface area is 179 Å². The second-order valence-corrected chi connectivity index (χ2v) is 7.80. The molecular weight excluding hydrogens is 402 g/mol. The maximum absolute atomic E-state index is 13.4. The standard InChI is InChI=1S/C22H23N3O4S/c1-3-25(13-16-7-6-9-18-21(16)28-12-11-27-18)22(26)17-8-4-5-10-19(17)30-14-20-23-15(2)24-29-20/h4-10H,3,11-14H2,1-2H3. The number of hydrogen-bond acceptors (Lipinski definition) is 7. The van der Waals surface area contributed by atoms with Crippen LogP contribution in [0.2, 0.25) is 0 Å². The van der Waals surface area contributed by atoms with Gasteiger partial charge in [0, 0.05) is 23.5 Å². The van der Waals surface area contributed by atoms with Gasteiger partial charge in [0.2, 0.25) is 5.89 Å². The summed E-state index contributed by atoms with van der Waals surface area (Å²) in [5.74, 6) is 3.08. The van der Waals surface area contributed by atoms with Crippen molar-refractivity contribution < 1.29 is 18.8 Å². The van der Waals surface area contributed by atoms with Crippen molar-refractivity contribution in [3.05, 3.63) is 65.3 Å². The predicted octanol–water partition coefficient (Wildman–Crippen LogP) is 4.10. The molecule has 30 heavy (non-hydrogen) atoms. The Morgan fingerprint density at radius 2 is 1.97 bits per heavy atom. The van der Waals surface area contributed by atoms with E-state index in [4.69, 9.17) is 14.0 Å². The van der Waals surface area contributed by atoms with E-state index in [1.54, 1.807) is 6.92 Å². The van der Waals surface area contributed by atoms with Crippen LogP contribution in [0.5, 0.6) is 11.5 Å². The molecule has 7 nitrogen and oxygen atoms in total. The van der Waals surface area contributed by atoms with Gasteiger partial charge in [0.25, 0.3) is 5.91 Å². The lowest BCUT2D eigenvalue weighted by Crippen LogP contribution is -2.31. The first-order chi connectivity index (χ1) is 14.7. The van der Waals surface area contributed by atoms with Gasteiger partial charge in [-0.25, -0.2) is 0 Å². The van der Waals surface area contributed by atoms with Crippen LogP contribution in [0, 0.1) is 6.92 Å². The van der Waals surface area contributed by atoms with Crippen molar-refractivity contribution in [3.8, 4) is 11.5 Å². The van der Waals surface area contributed by atoms with Gasteiger partial charge in [-0.05, 0) is 32.0 Å². The van der Waals surface area contributed by atoms with Crippen molar-refractivity contribution in [2.45, 2.75) is 31.0 Å². The van der Waals surface area contributed by atoms with E-state index in [9.17, 15) is 4.79 Å². The minimum absolute atomic E-state index is 0.0309. The first-order valence-electron chi connectivity index (χ1n) is 9.83. The van der Waals surface area contributed by atoms with Gasteiger partial charge in [0.1, 0.15) is 13.2 Å². The molecule has 1 aliphatic rings. The zero-order valence-corrected chi connectivity index (χ0v) is 17.8. The molecule has 0 aliphatic carbocycles. The summed E-state index contributed by atoms with van der Waals surface area (Å²) in [5, 5.41) is 3.81. The maximum Gasteiger partial charge on any atom is 0.255 e. The maximum atomic E-state index is 13.4. The van der Waals surface area contributed by atoms with Gasteiger partial charge in [-0.2, -0.15) is 4.98 Å². The monoisotopic (exact) mass is 425 g/mol. The Balaban J connectivity index is 1.53. The van der Waals surface area contributed by atoms with Crippen LogP contribution in [0.15, 0.2) is 51.9 Å². The Morgan fingerprint density at radius 3 is 2.77 bits per heavy atom. The van der Waals surface area contributed by atoms with E-state index in [1.807, 2.05) is 54.3 Å². The molecule has 0 atom stereocenters. The highest BCUT2D eigenvalue weighted by molar-refractivity contribution is 7.98. The van der Waals surface area contributed by atoms with Crippen LogP contribution in [-0.2, 0) is 12.3 Å². The topological polar surface area (TPSA) is 77.7 Å². The molecule has 3 aromatic rings. The summed E-state index contributed by atoms with van der Waals surface area (Å²) in [6, 6.07) is 13.4. The summed E-state index contributed by atoms with van der Waals surface area (Å²) in [6.07, 6.45) is 0. The molecule has 156 valence electrons. The fraction of sp³-hybridized carbons (Fsp3) is 0.318. The number of benzene rings is 2. The Bertz CT molecular complexity index is 1040. The largest absolute Gasteiger partial charge is 0.486 e. The Hall–Kier alpha value is -3.00. The second kappa shape index (κ2) is 9.21. The number of hydrogen-bond donors (Lipinski definition) is 0. The van der Waals surface area contributed by atoms with E-state index in [-0.39, 0.29) is 5.91 Å². The van der Waals surface area contributed by atoms with Gasteiger partial charge < -0.3 is 18.9 Å². The summed E-state index contributed by atoms with van der Waals surface area (Å²) >= 11 is 1.51. The molecule has 0 unspecified atom stereocenters. The Morgan fingerprint density at radius 1 is 1.13 bits per heavy atom. The molecule has 4 rings (SSSR count). The highest BCUT2D eigenvalue weighted by Gasteiger charge is 2.22. The summed E-state index contributed by atoms with van der Waals surface area (Å²) < 4.78 is 16.7. The van der Waals surface area contributed by atoms with E-state index in [0.717, 1.165) is 22.0 Å². The lowest BCUT2D eigenvalue weighted by Gasteiger charge is -2.26. The van der Waals surface area contributed by atoms with Gasteiger partial charge in [-0.1, -0.05) is 29.4 Å². The molecule has 0 saturated heterocycles. The molecule has 1 aromatic heterocycles. The summed E-state index contributed by atoms with van der Waals surface area (Å²) in [7, 11) is 0. The van der Waals surface area contributed by atoms with Crippen molar-refractivity contribution in [1.82, 2.24) is 15.0 Å².